The number of hydrogen-bond donors (Lipinski definition) is 2. The summed E-state index contributed by atoms with van der Waals surface area (Å²) in [6, 6.07) is 25.4. The minimum absolute atomic E-state index is 0.110. The van der Waals surface area contributed by atoms with Crippen LogP contribution in [0.1, 0.15) is 18.9 Å². The van der Waals surface area contributed by atoms with Crippen LogP contribution < -0.4 is 20.1 Å². The van der Waals surface area contributed by atoms with Crippen LogP contribution in [0.15, 0.2) is 91.0 Å². The van der Waals surface area contributed by atoms with Gasteiger partial charge >= 0.3 is 0 Å². The van der Waals surface area contributed by atoms with E-state index in [4.69, 9.17) is 9.47 Å². The molecule has 166 valence electrons. The molecule has 0 aliphatic rings. The summed E-state index contributed by atoms with van der Waals surface area (Å²) >= 11 is 0. The van der Waals surface area contributed by atoms with Crippen molar-refractivity contribution in [2.24, 2.45) is 0 Å². The Kier molecular flexibility index (Phi) is 8.75. The molecule has 32 heavy (non-hydrogen) atoms. The van der Waals surface area contributed by atoms with Gasteiger partial charge in [0.15, 0.2) is 0 Å². The number of carbonyl (C=O) groups excluding carboxylic acids is 1. The number of para-hydroxylation sites is 4. The molecule has 0 aromatic heterocycles. The van der Waals surface area contributed by atoms with Crippen LogP contribution in [0.2, 0.25) is 0 Å². The van der Waals surface area contributed by atoms with E-state index in [1.807, 2.05) is 73.7 Å². The highest BCUT2D eigenvalue weighted by molar-refractivity contribution is 5.95. The average Bonchev–Trinajstić information content (AvgIpc) is 2.81. The molecule has 0 aliphatic heterocycles. The second-order valence-corrected chi connectivity index (χ2v) is 7.58. The van der Waals surface area contributed by atoms with Crippen LogP contribution in [0.4, 0.5) is 11.4 Å². The highest BCUT2D eigenvalue weighted by Gasteiger charge is 2.09. The van der Waals surface area contributed by atoms with Crippen molar-refractivity contribution in [3.8, 4) is 11.5 Å². The summed E-state index contributed by atoms with van der Waals surface area (Å²) in [5.41, 5.74) is 3.63. The number of nitrogens with one attached hydrogen (secondary N) is 2. The Morgan fingerprint density at radius 1 is 0.844 bits per heavy atom. The summed E-state index contributed by atoms with van der Waals surface area (Å²) in [5.74, 6) is 1.18. The molecular formula is C27H30N2O3. The number of anilines is 2. The number of ether oxygens (including phenoxy) is 2. The number of benzene rings is 3. The predicted octanol–water partition coefficient (Wildman–Crippen LogP) is 5.70. The van der Waals surface area contributed by atoms with E-state index in [0.717, 1.165) is 29.9 Å². The first-order valence-electron chi connectivity index (χ1n) is 10.8. The van der Waals surface area contributed by atoms with Crippen LogP contribution in [0.25, 0.3) is 0 Å². The molecule has 0 saturated heterocycles. The van der Waals surface area contributed by atoms with Crippen LogP contribution in [-0.2, 0) is 11.2 Å². The van der Waals surface area contributed by atoms with Gasteiger partial charge in [0.2, 0.25) is 5.91 Å². The van der Waals surface area contributed by atoms with Crippen LogP contribution in [-0.4, -0.2) is 25.7 Å². The third-order valence-corrected chi connectivity index (χ3v) is 4.67. The van der Waals surface area contributed by atoms with E-state index >= 15 is 0 Å². The Morgan fingerprint density at radius 2 is 1.47 bits per heavy atom. The van der Waals surface area contributed by atoms with Gasteiger partial charge in [0.25, 0.3) is 0 Å². The van der Waals surface area contributed by atoms with E-state index < -0.39 is 0 Å². The highest BCUT2D eigenvalue weighted by atomic mass is 16.5. The van der Waals surface area contributed by atoms with Crippen molar-refractivity contribution < 1.29 is 14.3 Å². The van der Waals surface area contributed by atoms with E-state index in [9.17, 15) is 4.79 Å². The molecule has 0 unspecified atom stereocenters. The second kappa shape index (κ2) is 12.2. The predicted molar refractivity (Wildman–Crippen MR) is 131 cm³/mol. The minimum Gasteiger partial charge on any atom is -0.491 e. The van der Waals surface area contributed by atoms with Crippen molar-refractivity contribution in [3.05, 3.63) is 96.6 Å². The lowest BCUT2D eigenvalue weighted by atomic mass is 10.1. The molecule has 0 atom stereocenters. The molecular weight excluding hydrogens is 400 g/mol. The average molecular weight is 431 g/mol. The van der Waals surface area contributed by atoms with E-state index in [1.165, 1.54) is 5.56 Å². The fourth-order valence-corrected chi connectivity index (χ4v) is 3.11. The van der Waals surface area contributed by atoms with E-state index in [-0.39, 0.29) is 12.5 Å². The van der Waals surface area contributed by atoms with E-state index in [2.05, 4.69) is 29.3 Å². The number of hydrogen-bond acceptors (Lipinski definition) is 4. The molecule has 3 aromatic carbocycles. The van der Waals surface area contributed by atoms with Gasteiger partial charge in [-0.1, -0.05) is 61.2 Å². The summed E-state index contributed by atoms with van der Waals surface area (Å²) in [6.45, 7) is 6.85. The Balaban J connectivity index is 1.49. The third-order valence-electron chi connectivity index (χ3n) is 4.67. The minimum atomic E-state index is -0.171. The molecule has 5 nitrogen and oxygen atoms in total. The van der Waals surface area contributed by atoms with Crippen LogP contribution in [0.5, 0.6) is 11.5 Å². The third kappa shape index (κ3) is 7.51. The summed E-state index contributed by atoms with van der Waals surface area (Å²) in [6.07, 6.45) is 1.88. The van der Waals surface area contributed by atoms with E-state index in [0.29, 0.717) is 24.7 Å². The van der Waals surface area contributed by atoms with Gasteiger partial charge in [0.05, 0.1) is 24.5 Å². The Labute approximate surface area is 190 Å². The maximum Gasteiger partial charge on any atom is 0.243 e. The summed E-state index contributed by atoms with van der Waals surface area (Å²) in [4.78, 5) is 12.5. The van der Waals surface area contributed by atoms with Gasteiger partial charge in [-0.2, -0.15) is 0 Å². The first-order valence-corrected chi connectivity index (χ1v) is 10.8. The molecule has 1 amide bonds. The quantitative estimate of drug-likeness (QED) is 0.286. The van der Waals surface area contributed by atoms with Crippen molar-refractivity contribution in [3.63, 3.8) is 0 Å². The molecule has 2 N–H and O–H groups in total. The molecule has 0 bridgehead atoms. The van der Waals surface area contributed by atoms with Crippen molar-refractivity contribution in [2.45, 2.75) is 19.8 Å². The number of rotatable bonds is 12. The van der Waals surface area contributed by atoms with Gasteiger partial charge in [0, 0.05) is 0 Å². The lowest BCUT2D eigenvalue weighted by molar-refractivity contribution is -0.114. The number of aryl methyl sites for hydroxylation is 1. The summed E-state index contributed by atoms with van der Waals surface area (Å²) in [7, 11) is 0. The van der Waals surface area contributed by atoms with Crippen molar-refractivity contribution in [2.75, 3.05) is 30.4 Å². The lowest BCUT2D eigenvalue weighted by Crippen LogP contribution is -2.22. The molecule has 0 heterocycles. The molecule has 3 aromatic rings. The van der Waals surface area contributed by atoms with Crippen molar-refractivity contribution >= 4 is 17.3 Å². The molecule has 5 heteroatoms. The Bertz CT molecular complexity index is 1020. The maximum absolute atomic E-state index is 12.5. The maximum atomic E-state index is 12.5. The van der Waals surface area contributed by atoms with Crippen LogP contribution in [0.3, 0.4) is 0 Å². The monoisotopic (exact) mass is 430 g/mol. The summed E-state index contributed by atoms with van der Waals surface area (Å²) < 4.78 is 11.7. The topological polar surface area (TPSA) is 59.6 Å². The molecule has 0 saturated carbocycles. The summed E-state index contributed by atoms with van der Waals surface area (Å²) in [5, 5.41) is 6.07. The fourth-order valence-electron chi connectivity index (χ4n) is 3.11. The fraction of sp³-hybridized carbons (Fsp3) is 0.222. The first-order chi connectivity index (χ1) is 15.6. The SMILES string of the molecule is C=C(C)COc1ccccc1NC(=O)CNc1ccccc1OCCCc1ccccc1. The van der Waals surface area contributed by atoms with Gasteiger partial charge < -0.3 is 20.1 Å². The Hall–Kier alpha value is -3.73. The normalized spacial score (nSPS) is 10.3. The molecule has 0 fully saturated rings. The smallest absolute Gasteiger partial charge is 0.243 e. The van der Waals surface area contributed by atoms with Gasteiger partial charge in [0.1, 0.15) is 18.1 Å². The zero-order valence-corrected chi connectivity index (χ0v) is 18.5. The van der Waals surface area contributed by atoms with Gasteiger partial charge in [-0.15, -0.1) is 0 Å². The second-order valence-electron chi connectivity index (χ2n) is 7.58. The number of carbonyl (C=O) groups is 1. The zero-order chi connectivity index (χ0) is 22.6. The zero-order valence-electron chi connectivity index (χ0n) is 18.5. The Morgan fingerprint density at radius 3 is 2.19 bits per heavy atom. The molecule has 3 rings (SSSR count). The molecule has 0 radical (unpaired) electrons. The van der Waals surface area contributed by atoms with E-state index in [1.54, 1.807) is 0 Å². The number of amides is 1. The molecule has 0 aliphatic carbocycles. The lowest BCUT2D eigenvalue weighted by Gasteiger charge is -2.15. The van der Waals surface area contributed by atoms with Crippen molar-refractivity contribution in [1.82, 2.24) is 0 Å². The van der Waals surface area contributed by atoms with Crippen LogP contribution in [0, 0.1) is 0 Å². The molecule has 0 spiro atoms. The largest absolute Gasteiger partial charge is 0.491 e. The standard InChI is InChI=1S/C27H30N2O3/c1-21(2)20-32-26-17-9-7-15-24(26)29-27(30)19-28-23-14-6-8-16-25(23)31-18-10-13-22-11-4-3-5-12-22/h3-9,11-12,14-17,28H,1,10,13,18-20H2,2H3,(H,29,30). The van der Waals surface area contributed by atoms with Gasteiger partial charge in [-0.25, -0.2) is 0 Å². The highest BCUT2D eigenvalue weighted by Crippen LogP contribution is 2.25. The van der Waals surface area contributed by atoms with Crippen LogP contribution >= 0.6 is 0 Å². The first kappa shape index (κ1) is 22.9. The van der Waals surface area contributed by atoms with Gasteiger partial charge in [-0.3, -0.25) is 4.79 Å². The van der Waals surface area contributed by atoms with Crippen molar-refractivity contribution in [1.29, 1.82) is 0 Å². The van der Waals surface area contributed by atoms with Gasteiger partial charge in [-0.05, 0) is 55.2 Å².